The fraction of sp³-hybridized carbons (Fsp3) is 0.150. The predicted molar refractivity (Wildman–Crippen MR) is 400 cm³/mol. The molecule has 0 spiro atoms. The van der Waals surface area contributed by atoms with Crippen LogP contribution in [0.1, 0.15) is 106 Å². The number of aryl methyl sites for hydroxylation is 2. The summed E-state index contributed by atoms with van der Waals surface area (Å²) >= 11 is 6.18. The Balaban J connectivity index is 0.000000142. The van der Waals surface area contributed by atoms with Crippen LogP contribution in [0.25, 0.3) is 43.6 Å². The van der Waals surface area contributed by atoms with Crippen LogP contribution in [0.4, 0.5) is 76.0 Å². The van der Waals surface area contributed by atoms with Gasteiger partial charge in [0, 0.05) is 40.5 Å². The molecular formula is C80H59ClF12N16O6. The third kappa shape index (κ3) is 19.3. The Bertz CT molecular complexity index is 6080. The van der Waals surface area contributed by atoms with Crippen molar-refractivity contribution in [2.24, 2.45) is 0 Å². The second kappa shape index (κ2) is 33.9. The first-order chi connectivity index (χ1) is 54.8. The normalized spacial score (nSPS) is 11.6. The molecule has 7 aromatic carbocycles. The van der Waals surface area contributed by atoms with E-state index in [4.69, 9.17) is 20.5 Å². The standard InChI is InChI=1S/C23H18F3N3O.C20H13F3N6O2.C20H14F3N3O2.C17H14ClF3N4O/c1-15-6-2-3-7-18(15)22(30)27-21-19-8-4-5-9-20(19)29(28-21)14-16-10-12-17(13-11-16)23(24,25)26;1-11-15(10-31-28-11)19(30)26-18-14-6-12(7-24)2-4-16(14)29(27-18)9-13-3-5-17(25-8-13)20(21,22)23;21-20(22,23)15-5-3-4-13(10-15)11-26-17-7-2-1-6-16(17)18(25-26)24-19(27)14-8-9-28-12-14;1-2-14(26)23-16-15-12(18)7-22-8-13(15)25(24-16)9-10-3-5-11(6-4-10)17(19,20)21/h2-13H,14H2,1H3,(H,27,28,30);2-6,8,10H,9H2,1H3,(H,26,27,30);1-10,12H,11H2,(H,24,25,27);3-8H,2,9H2,1H3,(H,23,24,26). The number of alkyl halides is 12. The molecule has 22 nitrogen and oxygen atoms in total. The number of anilines is 4. The number of halogens is 13. The first-order valence-corrected chi connectivity index (χ1v) is 34.7. The van der Waals surface area contributed by atoms with Gasteiger partial charge in [0.05, 0.1) is 111 Å². The average Bonchev–Trinajstić information content (AvgIpc) is 1.63. The minimum atomic E-state index is -4.53. The summed E-state index contributed by atoms with van der Waals surface area (Å²) in [5, 5.41) is 44.2. The van der Waals surface area contributed by atoms with Crippen LogP contribution in [-0.4, -0.2) is 77.9 Å². The Morgan fingerprint density at radius 1 is 0.470 bits per heavy atom. The van der Waals surface area contributed by atoms with E-state index in [1.54, 1.807) is 94.8 Å². The lowest BCUT2D eigenvalue weighted by atomic mass is 10.1. The molecule has 0 saturated heterocycles. The molecule has 0 atom stereocenters. The number of nitriles is 1. The zero-order chi connectivity index (χ0) is 82.1. The molecule has 15 aromatic rings. The number of nitrogens with zero attached hydrogens (tertiary/aromatic N) is 12. The van der Waals surface area contributed by atoms with Crippen LogP contribution >= 0.6 is 11.6 Å². The Morgan fingerprint density at radius 3 is 1.50 bits per heavy atom. The van der Waals surface area contributed by atoms with Crippen molar-refractivity contribution in [2.45, 2.75) is 78.1 Å². The van der Waals surface area contributed by atoms with Crippen molar-refractivity contribution in [3.63, 3.8) is 0 Å². The van der Waals surface area contributed by atoms with Crippen LogP contribution in [0, 0.1) is 25.2 Å². The van der Waals surface area contributed by atoms with E-state index < -0.39 is 53.0 Å². The Labute approximate surface area is 647 Å². The number of nitrogens with one attached hydrogen (secondary N) is 4. The summed E-state index contributed by atoms with van der Waals surface area (Å²) in [7, 11) is 0. The van der Waals surface area contributed by atoms with Gasteiger partial charge in [-0.3, -0.25) is 47.9 Å². The van der Waals surface area contributed by atoms with Gasteiger partial charge in [0.1, 0.15) is 23.8 Å². The fourth-order valence-electron chi connectivity index (χ4n) is 11.7. The molecule has 0 radical (unpaired) electrons. The average molecular weight is 1600 g/mol. The lowest BCUT2D eigenvalue weighted by Crippen LogP contribution is -2.14. The molecule has 8 heterocycles. The molecule has 0 saturated carbocycles. The summed E-state index contributed by atoms with van der Waals surface area (Å²) in [5.41, 5.74) is 4.48. The van der Waals surface area contributed by atoms with Gasteiger partial charge < -0.3 is 30.2 Å². The van der Waals surface area contributed by atoms with Crippen molar-refractivity contribution < 1.29 is 80.8 Å². The van der Waals surface area contributed by atoms with Gasteiger partial charge in [-0.05, 0) is 139 Å². The highest BCUT2D eigenvalue weighted by molar-refractivity contribution is 6.36. The van der Waals surface area contributed by atoms with Gasteiger partial charge in [-0.2, -0.15) is 78.3 Å². The predicted octanol–water partition coefficient (Wildman–Crippen LogP) is 19.0. The first-order valence-electron chi connectivity index (χ1n) is 34.3. The van der Waals surface area contributed by atoms with Gasteiger partial charge in [0.15, 0.2) is 23.3 Å². The number of fused-ring (bicyclic) bond motifs is 4. The first kappa shape index (κ1) is 80.5. The zero-order valence-electron chi connectivity index (χ0n) is 60.0. The number of hydrogen-bond acceptors (Lipinski definition) is 14. The van der Waals surface area contributed by atoms with Crippen LogP contribution in [0.5, 0.6) is 0 Å². The third-order valence-corrected chi connectivity index (χ3v) is 17.8. The van der Waals surface area contributed by atoms with E-state index in [-0.39, 0.29) is 61.7 Å². The van der Waals surface area contributed by atoms with E-state index in [1.807, 2.05) is 49.4 Å². The number of carbonyl (C=O) groups is 4. The lowest BCUT2D eigenvalue weighted by molar-refractivity contribution is -0.141. The molecule has 0 aliphatic rings. The number of furan rings is 1. The summed E-state index contributed by atoms with van der Waals surface area (Å²) in [6, 6.07) is 47.3. The molecule has 35 heteroatoms. The quantitative estimate of drug-likeness (QED) is 0.0655. The molecule has 0 aliphatic carbocycles. The summed E-state index contributed by atoms with van der Waals surface area (Å²) < 4.78 is 169. The van der Waals surface area contributed by atoms with Gasteiger partial charge in [-0.1, -0.05) is 109 Å². The number of pyridine rings is 2. The smallest absolute Gasteiger partial charge is 0.433 e. The summed E-state index contributed by atoms with van der Waals surface area (Å²) in [4.78, 5) is 56.7. The van der Waals surface area contributed by atoms with E-state index in [2.05, 4.69) is 56.8 Å². The van der Waals surface area contributed by atoms with E-state index in [0.717, 1.165) is 65.1 Å². The Morgan fingerprint density at radius 2 is 0.983 bits per heavy atom. The van der Waals surface area contributed by atoms with Crippen LogP contribution in [0.2, 0.25) is 5.02 Å². The Kier molecular flexibility index (Phi) is 23.8. The molecule has 8 aromatic heterocycles. The van der Waals surface area contributed by atoms with Gasteiger partial charge >= 0.3 is 24.7 Å². The topological polar surface area (TPSA) is 276 Å². The second-order valence-electron chi connectivity index (χ2n) is 25.5. The van der Waals surface area contributed by atoms with Crippen molar-refractivity contribution in [3.05, 3.63) is 303 Å². The largest absolute Gasteiger partial charge is 0.472 e. The number of amides is 4. The van der Waals surface area contributed by atoms with Gasteiger partial charge in [-0.25, -0.2) is 0 Å². The van der Waals surface area contributed by atoms with Crippen molar-refractivity contribution in [1.29, 1.82) is 5.26 Å². The molecular weight excluding hydrogens is 1540 g/mol. The Hall–Kier alpha value is -14.0. The highest BCUT2D eigenvalue weighted by Crippen LogP contribution is 2.36. The fourth-order valence-corrected chi connectivity index (χ4v) is 12.0. The summed E-state index contributed by atoms with van der Waals surface area (Å²) in [6.07, 6.45) is -9.40. The molecule has 4 N–H and O–H groups in total. The van der Waals surface area contributed by atoms with Crippen LogP contribution in [0.15, 0.2) is 228 Å². The van der Waals surface area contributed by atoms with Crippen molar-refractivity contribution >= 4 is 102 Å². The minimum absolute atomic E-state index is 0.107. The number of benzene rings is 7. The number of rotatable bonds is 16. The molecule has 586 valence electrons. The molecule has 0 bridgehead atoms. The molecule has 0 unspecified atom stereocenters. The maximum absolute atomic E-state index is 13.0. The molecule has 4 amide bonds. The molecule has 0 aliphatic heterocycles. The molecule has 15 rings (SSSR count). The van der Waals surface area contributed by atoms with E-state index in [0.29, 0.717) is 99.8 Å². The van der Waals surface area contributed by atoms with Crippen LogP contribution in [-0.2, 0) is 55.7 Å². The number of para-hydroxylation sites is 2. The summed E-state index contributed by atoms with van der Waals surface area (Å²) in [6.45, 7) is 5.90. The molecule has 115 heavy (non-hydrogen) atoms. The van der Waals surface area contributed by atoms with Crippen LogP contribution in [0.3, 0.4) is 0 Å². The van der Waals surface area contributed by atoms with Crippen molar-refractivity contribution in [2.75, 3.05) is 21.3 Å². The highest BCUT2D eigenvalue weighted by Gasteiger charge is 2.34. The number of aromatic nitrogens is 11. The van der Waals surface area contributed by atoms with Gasteiger partial charge in [0.25, 0.3) is 17.7 Å². The molecule has 0 fully saturated rings. The maximum atomic E-state index is 13.0. The van der Waals surface area contributed by atoms with Crippen molar-refractivity contribution in [3.8, 4) is 6.07 Å². The lowest BCUT2D eigenvalue weighted by Gasteiger charge is -2.09. The number of carbonyl (C=O) groups excluding carboxylic acids is 4. The summed E-state index contributed by atoms with van der Waals surface area (Å²) in [5.74, 6) is -0.146. The maximum Gasteiger partial charge on any atom is 0.433 e. The number of hydrogen-bond donors (Lipinski definition) is 4. The van der Waals surface area contributed by atoms with E-state index in [1.165, 1.54) is 72.1 Å². The van der Waals surface area contributed by atoms with E-state index in [9.17, 15) is 77.1 Å². The van der Waals surface area contributed by atoms with Gasteiger partial charge in [0.2, 0.25) is 5.91 Å². The highest BCUT2D eigenvalue weighted by atomic mass is 35.5. The minimum Gasteiger partial charge on any atom is -0.472 e. The van der Waals surface area contributed by atoms with Crippen LogP contribution < -0.4 is 21.3 Å². The van der Waals surface area contributed by atoms with E-state index >= 15 is 0 Å². The monoisotopic (exact) mass is 1600 g/mol. The van der Waals surface area contributed by atoms with Gasteiger partial charge in [-0.15, -0.1) is 0 Å². The SMILES string of the molecule is CCC(=O)Nc1nn(Cc2ccc(C(F)(F)F)cc2)c2cncc(Cl)c12.Cc1ccccc1C(=O)Nc1nn(Cc2ccc(C(F)(F)F)cc2)c2ccccc12.Cc1nocc1C(=O)Nc1nn(Cc2ccc(C(F)(F)F)nc2)c2ccc(C#N)cc12.O=C(Nc1nn(Cc2cccc(C(F)(F)F)c2)c2ccccc12)c1ccoc1. The third-order valence-electron chi connectivity index (χ3n) is 17.5. The second-order valence-corrected chi connectivity index (χ2v) is 25.9. The zero-order valence-corrected chi connectivity index (χ0v) is 60.8. The van der Waals surface area contributed by atoms with Crippen molar-refractivity contribution in [1.82, 2.24) is 54.2 Å².